The standard InChI is InChI=1S/C13H17IN2O/c1-15-7-13-8-16(6-12(15)9-17-13)11-4-2-10(14)3-5-11/h2-5,12-13H,6-9H2,1H3. The predicted octanol–water partition coefficient (Wildman–Crippen LogP) is 1.81. The number of halogens is 1. The molecule has 2 atom stereocenters. The third kappa shape index (κ3) is 2.44. The van der Waals surface area contributed by atoms with Gasteiger partial charge in [-0.2, -0.15) is 0 Å². The van der Waals surface area contributed by atoms with Crippen LogP contribution >= 0.6 is 22.6 Å². The van der Waals surface area contributed by atoms with E-state index in [9.17, 15) is 0 Å². The van der Waals surface area contributed by atoms with Crippen LogP contribution < -0.4 is 4.90 Å². The quantitative estimate of drug-likeness (QED) is 0.723. The van der Waals surface area contributed by atoms with Crippen LogP contribution in [0.3, 0.4) is 0 Å². The second-order valence-corrected chi connectivity index (χ2v) is 6.18. The second kappa shape index (κ2) is 4.74. The zero-order valence-corrected chi connectivity index (χ0v) is 12.1. The molecule has 0 radical (unpaired) electrons. The van der Waals surface area contributed by atoms with Crippen LogP contribution in [0.1, 0.15) is 0 Å². The predicted molar refractivity (Wildman–Crippen MR) is 77.5 cm³/mol. The van der Waals surface area contributed by atoms with Crippen LogP contribution in [0.15, 0.2) is 24.3 Å². The number of likely N-dealkylation sites (N-methyl/N-ethyl adjacent to an activating group) is 1. The normalized spacial score (nSPS) is 29.4. The molecule has 2 bridgehead atoms. The molecule has 0 aromatic heterocycles. The van der Waals surface area contributed by atoms with Gasteiger partial charge in [0.15, 0.2) is 0 Å². The van der Waals surface area contributed by atoms with Crippen molar-refractivity contribution in [3.8, 4) is 0 Å². The van der Waals surface area contributed by atoms with E-state index >= 15 is 0 Å². The highest BCUT2D eigenvalue weighted by Crippen LogP contribution is 2.23. The highest BCUT2D eigenvalue weighted by Gasteiger charge is 2.33. The van der Waals surface area contributed by atoms with Gasteiger partial charge >= 0.3 is 0 Å². The fourth-order valence-corrected chi connectivity index (χ4v) is 3.00. The van der Waals surface area contributed by atoms with Crippen molar-refractivity contribution >= 4 is 28.3 Å². The zero-order valence-electron chi connectivity index (χ0n) is 9.97. The molecule has 0 N–H and O–H groups in total. The summed E-state index contributed by atoms with van der Waals surface area (Å²) in [4.78, 5) is 4.89. The van der Waals surface area contributed by atoms with E-state index in [0.29, 0.717) is 12.1 Å². The number of anilines is 1. The Labute approximate surface area is 116 Å². The summed E-state index contributed by atoms with van der Waals surface area (Å²) in [6.45, 7) is 4.03. The van der Waals surface area contributed by atoms with Gasteiger partial charge < -0.3 is 9.64 Å². The molecule has 0 saturated carbocycles. The summed E-state index contributed by atoms with van der Waals surface area (Å²) in [6.07, 6.45) is 0.359. The molecule has 4 rings (SSSR count). The van der Waals surface area contributed by atoms with Crippen molar-refractivity contribution in [2.75, 3.05) is 38.2 Å². The summed E-state index contributed by atoms with van der Waals surface area (Å²) < 4.78 is 7.15. The Balaban J connectivity index is 1.82. The molecule has 1 aromatic rings. The van der Waals surface area contributed by atoms with Crippen molar-refractivity contribution in [3.63, 3.8) is 0 Å². The average Bonchev–Trinajstić information content (AvgIpc) is 2.61. The number of nitrogens with zero attached hydrogens (tertiary/aromatic N) is 2. The topological polar surface area (TPSA) is 15.7 Å². The van der Waals surface area contributed by atoms with Gasteiger partial charge in [-0.15, -0.1) is 0 Å². The minimum Gasteiger partial charge on any atom is -0.373 e. The van der Waals surface area contributed by atoms with E-state index in [-0.39, 0.29) is 0 Å². The van der Waals surface area contributed by atoms with Gasteiger partial charge in [0.1, 0.15) is 0 Å². The first kappa shape index (κ1) is 11.7. The second-order valence-electron chi connectivity index (χ2n) is 4.93. The summed E-state index contributed by atoms with van der Waals surface area (Å²) in [5.74, 6) is 0. The van der Waals surface area contributed by atoms with E-state index in [1.54, 1.807) is 0 Å². The van der Waals surface area contributed by atoms with Crippen LogP contribution in [0.5, 0.6) is 0 Å². The number of hydrogen-bond acceptors (Lipinski definition) is 3. The largest absolute Gasteiger partial charge is 0.373 e. The van der Waals surface area contributed by atoms with Gasteiger partial charge in [-0.25, -0.2) is 0 Å². The van der Waals surface area contributed by atoms with Crippen LogP contribution in [-0.4, -0.2) is 50.3 Å². The van der Waals surface area contributed by atoms with Gasteiger partial charge in [0.05, 0.1) is 18.8 Å². The summed E-state index contributed by atoms with van der Waals surface area (Å²) >= 11 is 2.35. The third-order valence-corrected chi connectivity index (χ3v) is 4.41. The number of rotatable bonds is 1. The molecule has 3 heterocycles. The van der Waals surface area contributed by atoms with Crippen LogP contribution in [0.4, 0.5) is 5.69 Å². The van der Waals surface area contributed by atoms with Crippen molar-refractivity contribution in [1.82, 2.24) is 4.90 Å². The molecule has 3 fully saturated rings. The Kier molecular flexibility index (Phi) is 3.28. The van der Waals surface area contributed by atoms with Gasteiger partial charge in [0.2, 0.25) is 0 Å². The fourth-order valence-electron chi connectivity index (χ4n) is 2.64. The third-order valence-electron chi connectivity index (χ3n) is 3.69. The number of fused-ring (bicyclic) bond motifs is 4. The van der Waals surface area contributed by atoms with E-state index in [4.69, 9.17) is 4.74 Å². The first-order valence-corrected chi connectivity index (χ1v) is 7.12. The zero-order chi connectivity index (χ0) is 11.8. The Morgan fingerprint density at radius 2 is 1.94 bits per heavy atom. The summed E-state index contributed by atoms with van der Waals surface area (Å²) in [5.41, 5.74) is 1.32. The lowest BCUT2D eigenvalue weighted by molar-refractivity contribution is -0.0312. The Morgan fingerprint density at radius 1 is 1.18 bits per heavy atom. The van der Waals surface area contributed by atoms with Gasteiger partial charge in [0, 0.05) is 28.9 Å². The van der Waals surface area contributed by atoms with Gasteiger partial charge in [-0.3, -0.25) is 4.90 Å². The number of morpholine rings is 1. The summed E-state index contributed by atoms with van der Waals surface area (Å²) in [5, 5.41) is 0. The molecule has 92 valence electrons. The average molecular weight is 344 g/mol. The van der Waals surface area contributed by atoms with Crippen LogP contribution in [0.2, 0.25) is 0 Å². The Morgan fingerprint density at radius 3 is 2.65 bits per heavy atom. The molecule has 2 unspecified atom stereocenters. The highest BCUT2D eigenvalue weighted by atomic mass is 127. The van der Waals surface area contributed by atoms with Crippen molar-refractivity contribution in [3.05, 3.63) is 27.8 Å². The van der Waals surface area contributed by atoms with Crippen LogP contribution in [0.25, 0.3) is 0 Å². The number of benzene rings is 1. The molecule has 1 aromatic carbocycles. The molecule has 3 aliphatic rings. The first-order valence-electron chi connectivity index (χ1n) is 6.05. The van der Waals surface area contributed by atoms with E-state index < -0.39 is 0 Å². The molecule has 3 nitrogen and oxygen atoms in total. The minimum absolute atomic E-state index is 0.359. The van der Waals surface area contributed by atoms with Crippen molar-refractivity contribution in [2.24, 2.45) is 0 Å². The lowest BCUT2D eigenvalue weighted by Gasteiger charge is -2.32. The summed E-state index contributed by atoms with van der Waals surface area (Å²) in [6, 6.07) is 9.31. The van der Waals surface area contributed by atoms with Gasteiger partial charge in [-0.05, 0) is 53.9 Å². The molecular weight excluding hydrogens is 327 g/mol. The first-order chi connectivity index (χ1) is 8.22. The van der Waals surface area contributed by atoms with Crippen LogP contribution in [0, 0.1) is 3.57 Å². The van der Waals surface area contributed by atoms with E-state index in [1.165, 1.54) is 9.26 Å². The molecule has 17 heavy (non-hydrogen) atoms. The van der Waals surface area contributed by atoms with E-state index in [2.05, 4.69) is 63.7 Å². The lowest BCUT2D eigenvalue weighted by atomic mass is 10.2. The van der Waals surface area contributed by atoms with Crippen molar-refractivity contribution < 1.29 is 4.74 Å². The summed E-state index contributed by atoms with van der Waals surface area (Å²) in [7, 11) is 2.21. The van der Waals surface area contributed by atoms with Crippen molar-refractivity contribution in [2.45, 2.75) is 12.1 Å². The number of hydrogen-bond donors (Lipinski definition) is 0. The molecular formula is C13H17IN2O. The van der Waals surface area contributed by atoms with Gasteiger partial charge in [0.25, 0.3) is 0 Å². The smallest absolute Gasteiger partial charge is 0.0877 e. The minimum atomic E-state index is 0.359. The molecule has 4 heteroatoms. The Hall–Kier alpha value is -0.330. The Bertz CT molecular complexity index is 395. The van der Waals surface area contributed by atoms with Crippen LogP contribution in [-0.2, 0) is 4.74 Å². The maximum Gasteiger partial charge on any atom is 0.0877 e. The van der Waals surface area contributed by atoms with E-state index in [0.717, 1.165) is 26.2 Å². The monoisotopic (exact) mass is 344 g/mol. The highest BCUT2D eigenvalue weighted by molar-refractivity contribution is 14.1. The molecule has 3 saturated heterocycles. The lowest BCUT2D eigenvalue weighted by Crippen LogP contribution is -2.46. The maximum absolute atomic E-state index is 5.86. The molecule has 3 aliphatic heterocycles. The van der Waals surface area contributed by atoms with Gasteiger partial charge in [-0.1, -0.05) is 0 Å². The fraction of sp³-hybridized carbons (Fsp3) is 0.538. The SMILES string of the molecule is CN1CC2CN(c3ccc(I)cc3)CC1CO2. The maximum atomic E-state index is 5.86. The number of ether oxygens (including phenoxy) is 1. The van der Waals surface area contributed by atoms with Crippen molar-refractivity contribution in [1.29, 1.82) is 0 Å². The van der Waals surface area contributed by atoms with E-state index in [1.807, 2.05) is 0 Å². The molecule has 0 spiro atoms. The molecule has 0 amide bonds. The molecule has 0 aliphatic carbocycles.